The van der Waals surface area contributed by atoms with Crippen LogP contribution in [0.15, 0.2) is 23.7 Å². The molecule has 2 heterocycles. The second kappa shape index (κ2) is 5.93. The number of hydrogen-bond donors (Lipinski definition) is 1. The van der Waals surface area contributed by atoms with Crippen LogP contribution < -0.4 is 5.32 Å². The highest BCUT2D eigenvalue weighted by atomic mass is 32.1. The van der Waals surface area contributed by atoms with E-state index in [4.69, 9.17) is 0 Å². The lowest BCUT2D eigenvalue weighted by Gasteiger charge is -2.12. The maximum Gasteiger partial charge on any atom is 0.251 e. The molecule has 100 valence electrons. The van der Waals surface area contributed by atoms with Crippen molar-refractivity contribution < 1.29 is 4.79 Å². The maximum absolute atomic E-state index is 12.1. The van der Waals surface area contributed by atoms with Gasteiger partial charge in [-0.1, -0.05) is 6.92 Å². The van der Waals surface area contributed by atoms with Gasteiger partial charge >= 0.3 is 0 Å². The summed E-state index contributed by atoms with van der Waals surface area (Å²) in [6, 6.07) is 3.47. The number of thiazole rings is 1. The maximum atomic E-state index is 12.1. The van der Waals surface area contributed by atoms with Crippen LogP contribution in [-0.2, 0) is 6.42 Å². The molecular weight excluding hydrogens is 258 g/mol. The van der Waals surface area contributed by atoms with E-state index in [-0.39, 0.29) is 11.9 Å². The van der Waals surface area contributed by atoms with Gasteiger partial charge in [0.15, 0.2) is 0 Å². The molecule has 2 aromatic heterocycles. The Bertz CT molecular complexity index is 580. The summed E-state index contributed by atoms with van der Waals surface area (Å²) < 4.78 is 0. The van der Waals surface area contributed by atoms with Gasteiger partial charge in [0.2, 0.25) is 0 Å². The Balaban J connectivity index is 2.08. The van der Waals surface area contributed by atoms with E-state index in [9.17, 15) is 4.79 Å². The summed E-state index contributed by atoms with van der Waals surface area (Å²) in [4.78, 5) is 20.7. The molecule has 19 heavy (non-hydrogen) atoms. The van der Waals surface area contributed by atoms with Gasteiger partial charge in [-0.15, -0.1) is 11.3 Å². The summed E-state index contributed by atoms with van der Waals surface area (Å²) in [5.74, 6) is -0.0877. The van der Waals surface area contributed by atoms with E-state index in [1.165, 1.54) is 0 Å². The first kappa shape index (κ1) is 13.7. The van der Waals surface area contributed by atoms with Gasteiger partial charge in [-0.3, -0.25) is 9.78 Å². The molecule has 2 aromatic rings. The second-order valence-electron chi connectivity index (χ2n) is 4.38. The number of hydrogen-bond acceptors (Lipinski definition) is 4. The zero-order valence-corrected chi connectivity index (χ0v) is 12.1. The van der Waals surface area contributed by atoms with Gasteiger partial charge < -0.3 is 5.32 Å². The zero-order chi connectivity index (χ0) is 13.8. The molecule has 0 radical (unpaired) electrons. The third-order valence-corrected chi connectivity index (χ3v) is 3.66. The van der Waals surface area contributed by atoms with Crippen LogP contribution in [0.25, 0.3) is 0 Å². The van der Waals surface area contributed by atoms with Crippen LogP contribution in [0.2, 0.25) is 0 Å². The zero-order valence-electron chi connectivity index (χ0n) is 11.3. The van der Waals surface area contributed by atoms with Crippen molar-refractivity contribution in [2.75, 3.05) is 0 Å². The summed E-state index contributed by atoms with van der Waals surface area (Å²) in [5.41, 5.74) is 2.47. The summed E-state index contributed by atoms with van der Waals surface area (Å²) in [6.45, 7) is 5.91. The predicted molar refractivity (Wildman–Crippen MR) is 76.3 cm³/mol. The van der Waals surface area contributed by atoms with Gasteiger partial charge in [0, 0.05) is 22.8 Å². The molecule has 0 saturated heterocycles. The number of rotatable bonds is 4. The normalized spacial score (nSPS) is 12.2. The van der Waals surface area contributed by atoms with Crippen LogP contribution in [-0.4, -0.2) is 15.9 Å². The van der Waals surface area contributed by atoms with Crippen molar-refractivity contribution >= 4 is 17.2 Å². The van der Waals surface area contributed by atoms with E-state index >= 15 is 0 Å². The fourth-order valence-corrected chi connectivity index (χ4v) is 2.45. The smallest absolute Gasteiger partial charge is 0.251 e. The fraction of sp³-hybridized carbons (Fsp3) is 0.357. The average molecular weight is 275 g/mol. The standard InChI is InChI=1S/C14H17N3OS/c1-4-12-7-11(5-6-15-12)14(18)16-9(2)13-8-19-10(3)17-13/h5-9H,4H2,1-3H3,(H,16,18)/t9-/m1/s1. The highest BCUT2D eigenvalue weighted by molar-refractivity contribution is 7.09. The molecule has 0 bridgehead atoms. The van der Waals surface area contributed by atoms with Gasteiger partial charge in [-0.25, -0.2) is 4.98 Å². The number of amides is 1. The first-order valence-corrected chi connectivity index (χ1v) is 7.16. The Morgan fingerprint density at radius 3 is 2.95 bits per heavy atom. The Morgan fingerprint density at radius 2 is 2.32 bits per heavy atom. The minimum absolute atomic E-state index is 0.0873. The number of nitrogens with one attached hydrogen (secondary N) is 1. The minimum atomic E-state index is -0.0877. The van der Waals surface area contributed by atoms with Crippen molar-refractivity contribution in [1.82, 2.24) is 15.3 Å². The quantitative estimate of drug-likeness (QED) is 0.933. The topological polar surface area (TPSA) is 54.9 Å². The molecule has 0 spiro atoms. The van der Waals surface area contributed by atoms with Crippen LogP contribution in [0, 0.1) is 6.92 Å². The average Bonchev–Trinajstić information content (AvgIpc) is 2.85. The molecule has 1 amide bonds. The molecule has 0 fully saturated rings. The monoisotopic (exact) mass is 275 g/mol. The molecule has 2 rings (SSSR count). The van der Waals surface area contributed by atoms with Crippen LogP contribution >= 0.6 is 11.3 Å². The van der Waals surface area contributed by atoms with Crippen LogP contribution in [0.4, 0.5) is 0 Å². The number of carbonyl (C=O) groups excluding carboxylic acids is 1. The molecule has 0 aromatic carbocycles. The van der Waals surface area contributed by atoms with E-state index < -0.39 is 0 Å². The third-order valence-electron chi connectivity index (χ3n) is 2.87. The van der Waals surface area contributed by atoms with Crippen molar-refractivity contribution in [3.05, 3.63) is 45.7 Å². The van der Waals surface area contributed by atoms with Crippen molar-refractivity contribution in [3.63, 3.8) is 0 Å². The SMILES string of the molecule is CCc1cc(C(=O)N[C@H](C)c2csc(C)n2)ccn1. The van der Waals surface area contributed by atoms with Gasteiger partial charge in [-0.2, -0.15) is 0 Å². The Kier molecular flexibility index (Phi) is 4.27. The molecule has 0 saturated carbocycles. The molecule has 0 aliphatic heterocycles. The number of carbonyl (C=O) groups is 1. The summed E-state index contributed by atoms with van der Waals surface area (Å²) >= 11 is 1.59. The van der Waals surface area contributed by atoms with Crippen LogP contribution in [0.1, 0.15) is 46.6 Å². The summed E-state index contributed by atoms with van der Waals surface area (Å²) in [5, 5.41) is 5.94. The molecule has 0 aliphatic rings. The van der Waals surface area contributed by atoms with Crippen molar-refractivity contribution in [1.29, 1.82) is 0 Å². The Hall–Kier alpha value is -1.75. The summed E-state index contributed by atoms with van der Waals surface area (Å²) in [7, 11) is 0. The van der Waals surface area contributed by atoms with E-state index in [0.717, 1.165) is 22.8 Å². The van der Waals surface area contributed by atoms with E-state index in [1.54, 1.807) is 23.6 Å². The van der Waals surface area contributed by atoms with Crippen LogP contribution in [0.5, 0.6) is 0 Å². The number of aryl methyl sites for hydroxylation is 2. The molecule has 5 heteroatoms. The highest BCUT2D eigenvalue weighted by Gasteiger charge is 2.13. The molecule has 0 unspecified atom stereocenters. The second-order valence-corrected chi connectivity index (χ2v) is 5.44. The Morgan fingerprint density at radius 1 is 1.53 bits per heavy atom. The van der Waals surface area contributed by atoms with Crippen molar-refractivity contribution in [3.8, 4) is 0 Å². The lowest BCUT2D eigenvalue weighted by molar-refractivity contribution is 0.0939. The largest absolute Gasteiger partial charge is 0.344 e. The first-order chi connectivity index (χ1) is 9.10. The first-order valence-electron chi connectivity index (χ1n) is 6.28. The van der Waals surface area contributed by atoms with Crippen molar-refractivity contribution in [2.45, 2.75) is 33.2 Å². The molecule has 1 atom stereocenters. The van der Waals surface area contributed by atoms with Crippen LogP contribution in [0.3, 0.4) is 0 Å². The number of pyridine rings is 1. The van der Waals surface area contributed by atoms with Gasteiger partial charge in [0.25, 0.3) is 5.91 Å². The van der Waals surface area contributed by atoms with E-state index in [0.29, 0.717) is 5.56 Å². The Labute approximate surface area is 116 Å². The van der Waals surface area contributed by atoms with Gasteiger partial charge in [0.05, 0.1) is 16.7 Å². The van der Waals surface area contributed by atoms with Gasteiger partial charge in [-0.05, 0) is 32.4 Å². The minimum Gasteiger partial charge on any atom is -0.344 e. The highest BCUT2D eigenvalue weighted by Crippen LogP contribution is 2.16. The lowest BCUT2D eigenvalue weighted by Crippen LogP contribution is -2.27. The lowest BCUT2D eigenvalue weighted by atomic mass is 10.1. The number of nitrogens with zero attached hydrogens (tertiary/aromatic N) is 2. The summed E-state index contributed by atoms with van der Waals surface area (Å²) in [6.07, 6.45) is 2.49. The fourth-order valence-electron chi connectivity index (χ4n) is 1.75. The van der Waals surface area contributed by atoms with Crippen molar-refractivity contribution in [2.24, 2.45) is 0 Å². The predicted octanol–water partition coefficient (Wildman–Crippen LogP) is 2.90. The van der Waals surface area contributed by atoms with E-state index in [2.05, 4.69) is 15.3 Å². The molecule has 1 N–H and O–H groups in total. The van der Waals surface area contributed by atoms with Gasteiger partial charge in [0.1, 0.15) is 0 Å². The van der Waals surface area contributed by atoms with E-state index in [1.807, 2.05) is 32.2 Å². The molecule has 4 nitrogen and oxygen atoms in total. The third kappa shape index (κ3) is 3.38. The number of aromatic nitrogens is 2. The molecule has 0 aliphatic carbocycles. The molecular formula is C14H17N3OS.